The summed E-state index contributed by atoms with van der Waals surface area (Å²) in [6.07, 6.45) is 0. The Kier molecular flexibility index (Phi) is 6.88. The molecule has 1 aromatic heterocycles. The van der Waals surface area contributed by atoms with Crippen LogP contribution in [-0.4, -0.2) is 77.7 Å². The summed E-state index contributed by atoms with van der Waals surface area (Å²) in [7, 11) is 0. The smallest absolute Gasteiger partial charge is 0.323 e. The van der Waals surface area contributed by atoms with Crippen molar-refractivity contribution in [1.29, 1.82) is 0 Å². The highest BCUT2D eigenvalue weighted by atomic mass is 35.5. The number of hydrogen-bond donors (Lipinski definition) is 2. The molecule has 0 saturated carbocycles. The predicted octanol–water partition coefficient (Wildman–Crippen LogP) is 2.39. The molecule has 1 fully saturated rings. The van der Waals surface area contributed by atoms with Crippen LogP contribution in [0.2, 0.25) is 5.02 Å². The molecular formula is C20H23ClN6O5. The van der Waals surface area contributed by atoms with E-state index in [0.717, 1.165) is 25.4 Å². The Hall–Kier alpha value is -3.15. The zero-order valence-corrected chi connectivity index (χ0v) is 18.0. The lowest BCUT2D eigenvalue weighted by atomic mass is 10.1. The van der Waals surface area contributed by atoms with E-state index < -0.39 is 4.92 Å². The molecule has 12 heteroatoms. The molecule has 2 heterocycles. The molecule has 0 radical (unpaired) electrons. The van der Waals surface area contributed by atoms with E-state index in [1.54, 1.807) is 18.2 Å². The molecule has 32 heavy (non-hydrogen) atoms. The number of aromatic nitrogens is 2. The van der Waals surface area contributed by atoms with Crippen LogP contribution >= 0.6 is 11.6 Å². The summed E-state index contributed by atoms with van der Waals surface area (Å²) in [5.74, 6) is 0.780. The summed E-state index contributed by atoms with van der Waals surface area (Å²) in [4.78, 5) is 15.5. The van der Waals surface area contributed by atoms with E-state index in [1.807, 2.05) is 12.1 Å². The Morgan fingerprint density at radius 1 is 1.19 bits per heavy atom. The standard InChI is InChI=1S/C20H23ClN6O5/c21-14-1-3-15(4-2-14)31-12-10-25-6-8-26(9-7-25)17-13-16(22-5-11-28)20(27(29)30)19-18(17)23-32-24-19/h1-4,13,22,28H,5-12H2. The molecule has 11 nitrogen and oxygen atoms in total. The zero-order chi connectivity index (χ0) is 22.5. The van der Waals surface area contributed by atoms with Crippen molar-refractivity contribution >= 4 is 39.7 Å². The Labute approximate surface area is 188 Å². The van der Waals surface area contributed by atoms with Gasteiger partial charge in [-0.1, -0.05) is 11.6 Å². The lowest BCUT2D eigenvalue weighted by molar-refractivity contribution is -0.382. The second-order valence-electron chi connectivity index (χ2n) is 7.29. The highest BCUT2D eigenvalue weighted by molar-refractivity contribution is 6.30. The molecule has 170 valence electrons. The van der Waals surface area contributed by atoms with Crippen molar-refractivity contribution in [2.24, 2.45) is 0 Å². The summed E-state index contributed by atoms with van der Waals surface area (Å²) < 4.78 is 10.6. The SMILES string of the molecule is O=[N+]([O-])c1c(NCCO)cc(N2CCN(CCOc3ccc(Cl)cc3)CC2)c2nonc12. The van der Waals surface area contributed by atoms with Gasteiger partial charge in [0.25, 0.3) is 0 Å². The third-order valence-electron chi connectivity index (χ3n) is 5.30. The lowest BCUT2D eigenvalue weighted by Gasteiger charge is -2.36. The van der Waals surface area contributed by atoms with E-state index in [4.69, 9.17) is 26.1 Å². The summed E-state index contributed by atoms with van der Waals surface area (Å²) in [6.45, 7) is 4.38. The number of nitro benzene ring substituents is 1. The number of aliphatic hydroxyl groups is 1. The van der Waals surface area contributed by atoms with Crippen LogP contribution in [0.5, 0.6) is 5.75 Å². The van der Waals surface area contributed by atoms with Gasteiger partial charge in [-0.15, -0.1) is 0 Å². The van der Waals surface area contributed by atoms with Gasteiger partial charge in [-0.2, -0.15) is 0 Å². The van der Waals surface area contributed by atoms with Crippen molar-refractivity contribution in [1.82, 2.24) is 15.2 Å². The van der Waals surface area contributed by atoms with E-state index >= 15 is 0 Å². The predicted molar refractivity (Wildman–Crippen MR) is 120 cm³/mol. The summed E-state index contributed by atoms with van der Waals surface area (Å²) in [5, 5.41) is 32.0. The number of hydrogen-bond acceptors (Lipinski definition) is 10. The van der Waals surface area contributed by atoms with E-state index in [1.165, 1.54) is 0 Å². The monoisotopic (exact) mass is 462 g/mol. The molecule has 2 aromatic carbocycles. The van der Waals surface area contributed by atoms with Gasteiger partial charge in [-0.25, -0.2) is 4.63 Å². The number of nitro groups is 1. The largest absolute Gasteiger partial charge is 0.492 e. The highest BCUT2D eigenvalue weighted by Crippen LogP contribution is 2.38. The van der Waals surface area contributed by atoms with Crippen molar-refractivity contribution < 1.29 is 19.4 Å². The van der Waals surface area contributed by atoms with Crippen LogP contribution < -0.4 is 15.0 Å². The number of benzene rings is 2. The van der Waals surface area contributed by atoms with Gasteiger partial charge in [-0.05, 0) is 40.6 Å². The van der Waals surface area contributed by atoms with Crippen LogP contribution in [0.4, 0.5) is 17.1 Å². The van der Waals surface area contributed by atoms with Crippen molar-refractivity contribution in [2.75, 3.05) is 62.7 Å². The first-order chi connectivity index (χ1) is 15.6. The van der Waals surface area contributed by atoms with E-state index in [0.29, 0.717) is 35.9 Å². The molecular weight excluding hydrogens is 440 g/mol. The first kappa shape index (κ1) is 22.1. The fraction of sp³-hybridized carbons (Fsp3) is 0.400. The summed E-state index contributed by atoms with van der Waals surface area (Å²) >= 11 is 5.89. The molecule has 3 aromatic rings. The minimum atomic E-state index is -0.519. The molecule has 1 aliphatic rings. The van der Waals surface area contributed by atoms with Gasteiger partial charge in [0.1, 0.15) is 18.0 Å². The van der Waals surface area contributed by atoms with Crippen LogP contribution in [0, 0.1) is 10.1 Å². The van der Waals surface area contributed by atoms with Gasteiger partial charge in [0.05, 0.1) is 17.2 Å². The minimum absolute atomic E-state index is 0.0896. The third kappa shape index (κ3) is 4.85. The average Bonchev–Trinajstić information content (AvgIpc) is 3.28. The van der Waals surface area contributed by atoms with Crippen LogP contribution in [0.25, 0.3) is 11.0 Å². The van der Waals surface area contributed by atoms with Crippen LogP contribution in [-0.2, 0) is 0 Å². The second kappa shape index (κ2) is 9.98. The van der Waals surface area contributed by atoms with Crippen LogP contribution in [0.3, 0.4) is 0 Å². The van der Waals surface area contributed by atoms with Gasteiger partial charge in [-0.3, -0.25) is 15.0 Å². The van der Waals surface area contributed by atoms with Gasteiger partial charge in [0.2, 0.25) is 5.52 Å². The van der Waals surface area contributed by atoms with Crippen LogP contribution in [0.15, 0.2) is 35.0 Å². The van der Waals surface area contributed by atoms with Crippen molar-refractivity contribution in [3.63, 3.8) is 0 Å². The van der Waals surface area contributed by atoms with E-state index in [2.05, 4.69) is 25.4 Å². The molecule has 0 aliphatic carbocycles. The molecule has 1 saturated heterocycles. The van der Waals surface area contributed by atoms with Gasteiger partial charge < -0.3 is 20.1 Å². The van der Waals surface area contributed by atoms with Crippen molar-refractivity contribution in [3.8, 4) is 5.75 Å². The van der Waals surface area contributed by atoms with Crippen molar-refractivity contribution in [2.45, 2.75) is 0 Å². The Bertz CT molecular complexity index is 1070. The first-order valence-corrected chi connectivity index (χ1v) is 10.6. The summed E-state index contributed by atoms with van der Waals surface area (Å²) in [5.41, 5.74) is 1.22. The average molecular weight is 463 g/mol. The lowest BCUT2D eigenvalue weighted by Crippen LogP contribution is -2.47. The first-order valence-electron chi connectivity index (χ1n) is 10.2. The molecule has 0 spiro atoms. The fourth-order valence-corrected chi connectivity index (χ4v) is 3.83. The normalized spacial score (nSPS) is 14.6. The summed E-state index contributed by atoms with van der Waals surface area (Å²) in [6, 6.07) is 8.95. The maximum atomic E-state index is 11.6. The number of anilines is 2. The zero-order valence-electron chi connectivity index (χ0n) is 17.2. The molecule has 4 rings (SSSR count). The van der Waals surface area contributed by atoms with Gasteiger partial charge in [0.15, 0.2) is 5.52 Å². The molecule has 0 unspecified atom stereocenters. The topological polar surface area (TPSA) is 130 Å². The molecule has 0 bridgehead atoms. The number of ether oxygens (including phenoxy) is 1. The number of piperazine rings is 1. The molecule has 0 atom stereocenters. The van der Waals surface area contributed by atoms with Crippen molar-refractivity contribution in [3.05, 3.63) is 45.5 Å². The third-order valence-corrected chi connectivity index (χ3v) is 5.56. The number of nitrogens with one attached hydrogen (secondary N) is 1. The van der Waals surface area contributed by atoms with Gasteiger partial charge >= 0.3 is 5.69 Å². The Morgan fingerprint density at radius 2 is 1.91 bits per heavy atom. The highest BCUT2D eigenvalue weighted by Gasteiger charge is 2.29. The molecule has 1 aliphatic heterocycles. The molecule has 0 amide bonds. The minimum Gasteiger partial charge on any atom is -0.492 e. The Balaban J connectivity index is 1.42. The number of rotatable bonds is 9. The maximum Gasteiger partial charge on any atom is 0.323 e. The fourth-order valence-electron chi connectivity index (χ4n) is 3.70. The van der Waals surface area contributed by atoms with E-state index in [9.17, 15) is 10.1 Å². The van der Waals surface area contributed by atoms with Crippen LogP contribution in [0.1, 0.15) is 0 Å². The number of fused-ring (bicyclic) bond motifs is 1. The van der Waals surface area contributed by atoms with Gasteiger partial charge in [0, 0.05) is 44.3 Å². The number of aliphatic hydroxyl groups excluding tert-OH is 1. The Morgan fingerprint density at radius 3 is 2.59 bits per heavy atom. The number of halogens is 1. The van der Waals surface area contributed by atoms with E-state index in [-0.39, 0.29) is 30.0 Å². The maximum absolute atomic E-state index is 11.6. The second-order valence-corrected chi connectivity index (χ2v) is 7.73. The number of nitrogens with zero attached hydrogens (tertiary/aromatic N) is 5. The molecule has 2 N–H and O–H groups in total. The quantitative estimate of drug-likeness (QED) is 0.361.